The predicted octanol–water partition coefficient (Wildman–Crippen LogP) is -5.88. The number of rotatable bonds is 9. The van der Waals surface area contributed by atoms with Gasteiger partial charge in [0.15, 0.2) is 12.6 Å². The van der Waals surface area contributed by atoms with Crippen molar-refractivity contribution in [3.8, 4) is 0 Å². The number of aliphatic hydroxyl groups excluding tert-OH is 8. The maximum atomic E-state index is 11.4. The summed E-state index contributed by atoms with van der Waals surface area (Å²) < 4.78 is 21.4. The number of aliphatic hydroxyl groups is 8. The van der Waals surface area contributed by atoms with Gasteiger partial charge in [0.25, 0.3) is 0 Å². The van der Waals surface area contributed by atoms with E-state index in [9.17, 15) is 40.5 Å². The molecule has 182 valence electrons. The zero-order chi connectivity index (χ0) is 23.3. The molecule has 0 aromatic rings. The molecular formula is C17H31NO13. The Bertz CT molecular complexity index is 568. The Kier molecular flexibility index (Phi) is 9.94. The summed E-state index contributed by atoms with van der Waals surface area (Å²) in [7, 11) is 0. The van der Waals surface area contributed by atoms with E-state index in [0.717, 1.165) is 0 Å². The van der Waals surface area contributed by atoms with Crippen molar-refractivity contribution in [2.24, 2.45) is 0 Å². The molecule has 2 heterocycles. The van der Waals surface area contributed by atoms with Gasteiger partial charge in [-0.15, -0.1) is 0 Å². The van der Waals surface area contributed by atoms with Gasteiger partial charge >= 0.3 is 0 Å². The van der Waals surface area contributed by atoms with Crippen LogP contribution in [-0.2, 0) is 23.7 Å². The lowest BCUT2D eigenvalue weighted by molar-refractivity contribution is -0.322. The van der Waals surface area contributed by atoms with E-state index in [1.54, 1.807) is 0 Å². The summed E-state index contributed by atoms with van der Waals surface area (Å²) >= 11 is 0. The minimum Gasteiger partial charge on any atom is -0.394 e. The van der Waals surface area contributed by atoms with Gasteiger partial charge in [-0.3, -0.25) is 4.79 Å². The van der Waals surface area contributed by atoms with Crippen molar-refractivity contribution in [2.75, 3.05) is 26.4 Å². The average molecular weight is 457 g/mol. The summed E-state index contributed by atoms with van der Waals surface area (Å²) in [5, 5.41) is 80.4. The van der Waals surface area contributed by atoms with E-state index in [0.29, 0.717) is 0 Å². The van der Waals surface area contributed by atoms with Crippen LogP contribution in [0.5, 0.6) is 0 Å². The molecule has 9 N–H and O–H groups in total. The second-order valence-electron chi connectivity index (χ2n) is 7.45. The summed E-state index contributed by atoms with van der Waals surface area (Å²) in [6.07, 6.45) is -14.6. The van der Waals surface area contributed by atoms with Crippen molar-refractivity contribution in [3.63, 3.8) is 0 Å². The Balaban J connectivity index is 2.05. The van der Waals surface area contributed by atoms with Gasteiger partial charge in [0.05, 0.1) is 26.4 Å². The van der Waals surface area contributed by atoms with Crippen LogP contribution in [0.4, 0.5) is 0 Å². The van der Waals surface area contributed by atoms with E-state index in [-0.39, 0.29) is 0 Å². The van der Waals surface area contributed by atoms with Gasteiger partial charge in [-0.25, -0.2) is 0 Å². The summed E-state index contributed by atoms with van der Waals surface area (Å²) in [4.78, 5) is 11.4. The Morgan fingerprint density at radius 1 is 0.903 bits per heavy atom. The van der Waals surface area contributed by atoms with Crippen LogP contribution < -0.4 is 5.32 Å². The molecule has 2 aliphatic heterocycles. The fraction of sp³-hybridized carbons (Fsp3) is 0.941. The highest BCUT2D eigenvalue weighted by Crippen LogP contribution is 2.26. The minimum absolute atomic E-state index is 0.423. The topological polar surface area (TPSA) is 228 Å². The molecule has 0 bridgehead atoms. The number of amides is 1. The SMILES string of the molecule is CC(=O)N[C@H]1[C@H](OC[C@H]2O[C@@H](OC[C@H](O)CO)[C@H](O)[C@@H](O)[C@H]2O)O[C@H](CO)[C@@H](O)[C@@H]1O. The molecular weight excluding hydrogens is 426 g/mol. The van der Waals surface area contributed by atoms with Gasteiger partial charge in [0.2, 0.25) is 5.91 Å². The van der Waals surface area contributed by atoms with Crippen LogP contribution in [0.1, 0.15) is 6.92 Å². The van der Waals surface area contributed by atoms with Crippen LogP contribution >= 0.6 is 0 Å². The van der Waals surface area contributed by atoms with Crippen molar-refractivity contribution in [1.29, 1.82) is 0 Å². The van der Waals surface area contributed by atoms with E-state index >= 15 is 0 Å². The first-order valence-electron chi connectivity index (χ1n) is 9.72. The highest BCUT2D eigenvalue weighted by atomic mass is 16.7. The molecule has 0 spiro atoms. The maximum absolute atomic E-state index is 11.4. The lowest BCUT2D eigenvalue weighted by Gasteiger charge is -2.44. The third-order valence-corrected chi connectivity index (χ3v) is 5.01. The number of nitrogens with one attached hydrogen (secondary N) is 1. The van der Waals surface area contributed by atoms with E-state index in [4.69, 9.17) is 24.1 Å². The molecule has 2 saturated heterocycles. The van der Waals surface area contributed by atoms with Crippen molar-refractivity contribution in [1.82, 2.24) is 5.32 Å². The quantitative estimate of drug-likeness (QED) is 0.157. The molecule has 2 rings (SSSR count). The number of hydrogen-bond acceptors (Lipinski definition) is 13. The number of carbonyl (C=O) groups excluding carboxylic acids is 1. The Morgan fingerprint density at radius 2 is 1.52 bits per heavy atom. The number of ether oxygens (including phenoxy) is 4. The molecule has 31 heavy (non-hydrogen) atoms. The first-order valence-corrected chi connectivity index (χ1v) is 9.72. The normalized spacial score (nSPS) is 42.2. The molecule has 0 aromatic heterocycles. The summed E-state index contributed by atoms with van der Waals surface area (Å²) in [5.74, 6) is -0.556. The highest BCUT2D eigenvalue weighted by molar-refractivity contribution is 5.73. The molecule has 0 aliphatic carbocycles. The van der Waals surface area contributed by atoms with Crippen molar-refractivity contribution in [2.45, 2.75) is 74.4 Å². The standard InChI is InChI=1S/C17H31NO13/c1-6(21)18-10-13(25)11(23)8(3-20)30-16(10)29-5-9-12(24)14(26)15(27)17(31-9)28-4-7(22)2-19/h7-17,19-20,22-27H,2-5H2,1H3,(H,18,21)/t7-,8-,9-,10-,11-,12+,13-,14+,15-,16-,17-/m1/s1. The molecule has 2 fully saturated rings. The Hall–Kier alpha value is -1.01. The molecule has 0 aromatic carbocycles. The van der Waals surface area contributed by atoms with Crippen molar-refractivity contribution in [3.05, 3.63) is 0 Å². The summed E-state index contributed by atoms with van der Waals surface area (Å²) in [5.41, 5.74) is 0. The fourth-order valence-corrected chi connectivity index (χ4v) is 3.25. The third-order valence-electron chi connectivity index (χ3n) is 5.01. The first-order chi connectivity index (χ1) is 14.6. The molecule has 2 aliphatic rings. The summed E-state index contributed by atoms with van der Waals surface area (Å²) in [6.45, 7) is -0.989. The second kappa shape index (κ2) is 11.7. The maximum Gasteiger partial charge on any atom is 0.217 e. The largest absolute Gasteiger partial charge is 0.394 e. The molecule has 0 radical (unpaired) electrons. The molecule has 14 heteroatoms. The minimum atomic E-state index is -1.70. The van der Waals surface area contributed by atoms with Crippen LogP contribution in [-0.4, -0.2) is 141 Å². The monoisotopic (exact) mass is 457 g/mol. The van der Waals surface area contributed by atoms with Gasteiger partial charge in [0.1, 0.15) is 54.9 Å². The van der Waals surface area contributed by atoms with Crippen LogP contribution in [0.15, 0.2) is 0 Å². The van der Waals surface area contributed by atoms with E-state index < -0.39 is 99.8 Å². The van der Waals surface area contributed by atoms with Gasteiger partial charge in [-0.1, -0.05) is 0 Å². The van der Waals surface area contributed by atoms with Gasteiger partial charge in [0, 0.05) is 6.92 Å². The highest BCUT2D eigenvalue weighted by Gasteiger charge is 2.48. The van der Waals surface area contributed by atoms with Crippen LogP contribution in [0.25, 0.3) is 0 Å². The van der Waals surface area contributed by atoms with Gasteiger partial charge in [-0.2, -0.15) is 0 Å². The smallest absolute Gasteiger partial charge is 0.217 e. The van der Waals surface area contributed by atoms with E-state index in [1.807, 2.05) is 0 Å². The summed E-state index contributed by atoms with van der Waals surface area (Å²) in [6, 6.07) is -1.22. The molecule has 1 amide bonds. The zero-order valence-electron chi connectivity index (χ0n) is 16.8. The molecule has 11 atom stereocenters. The van der Waals surface area contributed by atoms with Gasteiger partial charge in [-0.05, 0) is 0 Å². The molecule has 0 unspecified atom stereocenters. The number of carbonyl (C=O) groups is 1. The molecule has 0 saturated carbocycles. The zero-order valence-corrected chi connectivity index (χ0v) is 16.8. The van der Waals surface area contributed by atoms with Crippen LogP contribution in [0.2, 0.25) is 0 Å². The second-order valence-corrected chi connectivity index (χ2v) is 7.45. The lowest BCUT2D eigenvalue weighted by Crippen LogP contribution is -2.65. The van der Waals surface area contributed by atoms with Crippen LogP contribution in [0, 0.1) is 0 Å². The predicted molar refractivity (Wildman–Crippen MR) is 97.0 cm³/mol. The Labute approximate surface area is 177 Å². The average Bonchev–Trinajstić information content (AvgIpc) is 2.74. The van der Waals surface area contributed by atoms with Crippen LogP contribution in [0.3, 0.4) is 0 Å². The molecule has 14 nitrogen and oxygen atoms in total. The van der Waals surface area contributed by atoms with Crippen molar-refractivity contribution >= 4 is 5.91 Å². The van der Waals surface area contributed by atoms with E-state index in [2.05, 4.69) is 5.32 Å². The third kappa shape index (κ3) is 6.50. The lowest BCUT2D eigenvalue weighted by atomic mass is 9.96. The van der Waals surface area contributed by atoms with E-state index in [1.165, 1.54) is 6.92 Å². The number of hydrogen-bond donors (Lipinski definition) is 9. The Morgan fingerprint density at radius 3 is 2.10 bits per heavy atom. The van der Waals surface area contributed by atoms with Gasteiger partial charge < -0.3 is 65.1 Å². The fourth-order valence-electron chi connectivity index (χ4n) is 3.25. The van der Waals surface area contributed by atoms with Crippen molar-refractivity contribution < 1.29 is 64.6 Å². The first kappa shape index (κ1) is 26.2.